The lowest BCUT2D eigenvalue weighted by Gasteiger charge is -2.38. The van der Waals surface area contributed by atoms with Gasteiger partial charge in [-0.3, -0.25) is 4.90 Å². The second kappa shape index (κ2) is 10.6. The van der Waals surface area contributed by atoms with Crippen LogP contribution >= 0.6 is 0 Å². The van der Waals surface area contributed by atoms with E-state index in [1.54, 1.807) is 30.3 Å². The molecule has 10 heteroatoms. The van der Waals surface area contributed by atoms with Gasteiger partial charge >= 0.3 is 12.0 Å². The summed E-state index contributed by atoms with van der Waals surface area (Å²) >= 11 is 0. The van der Waals surface area contributed by atoms with Gasteiger partial charge < -0.3 is 29.7 Å². The molecular weight excluding hydrogens is 455 g/mol. The third kappa shape index (κ3) is 5.17. The van der Waals surface area contributed by atoms with Crippen molar-refractivity contribution in [1.29, 1.82) is 0 Å². The van der Waals surface area contributed by atoms with Gasteiger partial charge in [-0.05, 0) is 29.8 Å². The fraction of sp³-hybridized carbons (Fsp3) is 0.360. The Labute approximate surface area is 203 Å². The van der Waals surface area contributed by atoms with E-state index in [1.807, 2.05) is 11.0 Å². The topological polar surface area (TPSA) is 92.4 Å². The molecule has 0 spiro atoms. The molecule has 1 fully saturated rings. The molecule has 1 saturated heterocycles. The Kier molecular flexibility index (Phi) is 7.40. The fourth-order valence-electron chi connectivity index (χ4n) is 4.45. The summed E-state index contributed by atoms with van der Waals surface area (Å²) in [5, 5.41) is 5.60. The third-order valence-corrected chi connectivity index (χ3v) is 6.25. The van der Waals surface area contributed by atoms with Crippen molar-refractivity contribution in [3.8, 4) is 11.5 Å². The molecule has 186 valence electrons. The highest BCUT2D eigenvalue weighted by molar-refractivity contribution is 5.95. The molecule has 0 bridgehead atoms. The van der Waals surface area contributed by atoms with Crippen LogP contribution in [0.4, 0.5) is 14.9 Å². The van der Waals surface area contributed by atoms with E-state index >= 15 is 0 Å². The number of hydrogen-bond acceptors (Lipinski definition) is 7. The van der Waals surface area contributed by atoms with E-state index in [9.17, 15) is 14.0 Å². The number of benzene rings is 2. The predicted molar refractivity (Wildman–Crippen MR) is 128 cm³/mol. The number of piperazine rings is 1. The Bertz CT molecular complexity index is 1130. The first-order valence-corrected chi connectivity index (χ1v) is 11.3. The molecule has 0 unspecified atom stereocenters. The highest BCUT2D eigenvalue weighted by atomic mass is 19.1. The van der Waals surface area contributed by atoms with Crippen molar-refractivity contribution in [1.82, 2.24) is 15.5 Å². The number of halogens is 1. The van der Waals surface area contributed by atoms with Crippen LogP contribution in [0.2, 0.25) is 0 Å². The van der Waals surface area contributed by atoms with E-state index in [0.29, 0.717) is 66.7 Å². The van der Waals surface area contributed by atoms with Gasteiger partial charge in [0.2, 0.25) is 0 Å². The zero-order valence-corrected chi connectivity index (χ0v) is 20.0. The Morgan fingerprint density at radius 2 is 1.74 bits per heavy atom. The first kappa shape index (κ1) is 24.3. The number of carbonyl (C=O) groups excluding carboxylic acids is 2. The second-order valence-corrected chi connectivity index (χ2v) is 8.24. The molecule has 1 atom stereocenters. The van der Waals surface area contributed by atoms with Gasteiger partial charge in [-0.2, -0.15) is 0 Å². The van der Waals surface area contributed by atoms with Crippen LogP contribution in [-0.2, 0) is 9.53 Å². The maximum absolute atomic E-state index is 14.2. The number of ether oxygens (including phenoxy) is 3. The highest BCUT2D eigenvalue weighted by Crippen LogP contribution is 2.34. The van der Waals surface area contributed by atoms with Crippen LogP contribution in [-0.4, -0.2) is 71.0 Å². The molecule has 2 aromatic rings. The van der Waals surface area contributed by atoms with Crippen molar-refractivity contribution in [2.75, 3.05) is 59.0 Å². The van der Waals surface area contributed by atoms with Crippen molar-refractivity contribution in [3.63, 3.8) is 0 Å². The lowest BCUT2D eigenvalue weighted by molar-refractivity contribution is -0.136. The minimum atomic E-state index is -0.731. The average Bonchev–Trinajstić information content (AvgIpc) is 2.88. The maximum atomic E-state index is 14.2. The molecule has 0 aliphatic carbocycles. The van der Waals surface area contributed by atoms with Crippen LogP contribution in [0.15, 0.2) is 53.7 Å². The van der Waals surface area contributed by atoms with Gasteiger partial charge in [0.1, 0.15) is 5.82 Å². The normalized spacial score (nSPS) is 18.6. The number of nitrogens with one attached hydrogen (secondary N) is 2. The number of hydrogen-bond donors (Lipinski definition) is 2. The van der Waals surface area contributed by atoms with Crippen LogP contribution < -0.4 is 25.0 Å². The van der Waals surface area contributed by atoms with Gasteiger partial charge in [-0.1, -0.05) is 18.2 Å². The average molecular weight is 485 g/mol. The molecule has 2 N–H and O–H groups in total. The van der Waals surface area contributed by atoms with Crippen molar-refractivity contribution < 1.29 is 28.2 Å². The number of carbonyl (C=O) groups is 2. The number of rotatable bonds is 7. The molecule has 0 aromatic heterocycles. The molecule has 2 heterocycles. The van der Waals surface area contributed by atoms with Crippen molar-refractivity contribution in [2.24, 2.45) is 0 Å². The molecule has 2 aliphatic rings. The van der Waals surface area contributed by atoms with Crippen LogP contribution in [0.3, 0.4) is 0 Å². The van der Waals surface area contributed by atoms with Crippen molar-refractivity contribution in [2.45, 2.75) is 6.04 Å². The van der Waals surface area contributed by atoms with E-state index < -0.39 is 18.0 Å². The number of urea groups is 1. The Morgan fingerprint density at radius 3 is 2.40 bits per heavy atom. The van der Waals surface area contributed by atoms with Gasteiger partial charge in [0.15, 0.2) is 11.5 Å². The molecule has 0 saturated carbocycles. The summed E-state index contributed by atoms with van der Waals surface area (Å²) in [6, 6.07) is 10.8. The van der Waals surface area contributed by atoms with E-state index in [1.165, 1.54) is 27.4 Å². The maximum Gasteiger partial charge on any atom is 0.338 e. The summed E-state index contributed by atoms with van der Waals surface area (Å²) in [5.41, 5.74) is 2.01. The molecule has 0 radical (unpaired) electrons. The molecule has 2 aromatic carbocycles. The zero-order valence-electron chi connectivity index (χ0n) is 20.0. The monoisotopic (exact) mass is 484 g/mol. The Balaban J connectivity index is 1.58. The van der Waals surface area contributed by atoms with Gasteiger partial charge in [-0.25, -0.2) is 14.0 Å². The minimum absolute atomic E-state index is 0.250. The van der Waals surface area contributed by atoms with Crippen LogP contribution in [0, 0.1) is 5.82 Å². The predicted octanol–water partition coefficient (Wildman–Crippen LogP) is 2.45. The standard InChI is InChI=1S/C25H29FN4O5/c1-33-20-9-8-16(14-21(20)34-2)23-22(24(31)35-3)18(27-25(32)28-23)15-29-10-12-30(13-11-29)19-7-5-4-6-17(19)26/h4-9,14,23H,10-13,15H2,1-3H3,(H2,27,28,32)/t23-/m0/s1. The minimum Gasteiger partial charge on any atom is -0.493 e. The molecular formula is C25H29FN4O5. The van der Waals surface area contributed by atoms with Crippen LogP contribution in [0.1, 0.15) is 11.6 Å². The van der Waals surface area contributed by atoms with E-state index in [-0.39, 0.29) is 5.82 Å². The largest absolute Gasteiger partial charge is 0.493 e. The molecule has 4 rings (SSSR count). The van der Waals surface area contributed by atoms with Gasteiger partial charge in [-0.15, -0.1) is 0 Å². The number of esters is 1. The van der Waals surface area contributed by atoms with E-state index in [2.05, 4.69) is 15.5 Å². The lowest BCUT2D eigenvalue weighted by Crippen LogP contribution is -2.51. The Morgan fingerprint density at radius 1 is 1.03 bits per heavy atom. The highest BCUT2D eigenvalue weighted by Gasteiger charge is 2.35. The molecule has 2 amide bonds. The summed E-state index contributed by atoms with van der Waals surface area (Å²) in [4.78, 5) is 29.6. The van der Waals surface area contributed by atoms with E-state index in [4.69, 9.17) is 14.2 Å². The van der Waals surface area contributed by atoms with Crippen molar-refractivity contribution in [3.05, 3.63) is 65.1 Å². The first-order chi connectivity index (χ1) is 16.9. The third-order valence-electron chi connectivity index (χ3n) is 6.25. The fourth-order valence-corrected chi connectivity index (χ4v) is 4.45. The number of para-hydroxylation sites is 1. The zero-order chi connectivity index (χ0) is 24.9. The molecule has 2 aliphatic heterocycles. The number of amides is 2. The second-order valence-electron chi connectivity index (χ2n) is 8.24. The van der Waals surface area contributed by atoms with Gasteiger partial charge in [0, 0.05) is 38.4 Å². The van der Waals surface area contributed by atoms with E-state index in [0.717, 1.165) is 0 Å². The van der Waals surface area contributed by atoms with Crippen LogP contribution in [0.5, 0.6) is 11.5 Å². The molecule has 35 heavy (non-hydrogen) atoms. The summed E-state index contributed by atoms with van der Waals surface area (Å²) in [6.07, 6.45) is 0. The lowest BCUT2D eigenvalue weighted by atomic mass is 9.94. The summed E-state index contributed by atoms with van der Waals surface area (Å²) in [7, 11) is 4.36. The van der Waals surface area contributed by atoms with Gasteiger partial charge in [0.05, 0.1) is 38.6 Å². The summed E-state index contributed by atoms with van der Waals surface area (Å²) < 4.78 is 30.0. The number of methoxy groups -OCH3 is 3. The quantitative estimate of drug-likeness (QED) is 0.584. The summed E-state index contributed by atoms with van der Waals surface area (Å²) in [6.45, 7) is 2.85. The Hall–Kier alpha value is -3.79. The first-order valence-electron chi connectivity index (χ1n) is 11.3. The smallest absolute Gasteiger partial charge is 0.338 e. The number of anilines is 1. The molecule has 9 nitrogen and oxygen atoms in total. The SMILES string of the molecule is COC(=O)C1=C(CN2CCN(c3ccccc3F)CC2)NC(=O)N[C@H]1c1ccc(OC)c(OC)c1. The van der Waals surface area contributed by atoms with Gasteiger partial charge in [0.25, 0.3) is 0 Å². The van der Waals surface area contributed by atoms with Crippen molar-refractivity contribution >= 4 is 17.7 Å². The number of nitrogens with zero attached hydrogens (tertiary/aromatic N) is 2. The summed E-state index contributed by atoms with van der Waals surface area (Å²) in [5.74, 6) is 0.221. The van der Waals surface area contributed by atoms with Crippen LogP contribution in [0.25, 0.3) is 0 Å².